The van der Waals surface area contributed by atoms with Crippen LogP contribution >= 0.6 is 23.1 Å². The van der Waals surface area contributed by atoms with Crippen LogP contribution in [-0.4, -0.2) is 34.7 Å². The molecular weight excluding hydrogens is 230 g/mol. The number of nitrogens with zero attached hydrogens (tertiary/aromatic N) is 1. The smallest absolute Gasteiger partial charge is 0.150 e. The summed E-state index contributed by atoms with van der Waals surface area (Å²) in [4.78, 5) is 4.31. The molecular formula is C10H17NO2S2. The van der Waals surface area contributed by atoms with Crippen molar-refractivity contribution in [1.82, 2.24) is 4.98 Å². The zero-order valence-electron chi connectivity index (χ0n) is 9.27. The van der Waals surface area contributed by atoms with Gasteiger partial charge in [-0.25, -0.2) is 4.98 Å². The molecule has 1 atom stereocenters. The van der Waals surface area contributed by atoms with Crippen molar-refractivity contribution in [1.29, 1.82) is 0 Å². The van der Waals surface area contributed by atoms with E-state index in [4.69, 9.17) is 4.74 Å². The number of thioether (sulfide) groups is 1. The summed E-state index contributed by atoms with van der Waals surface area (Å²) in [6.45, 7) is 6.29. The van der Waals surface area contributed by atoms with E-state index in [2.05, 4.69) is 4.98 Å². The second kappa shape index (κ2) is 6.48. The minimum atomic E-state index is -0.415. The molecule has 0 spiro atoms. The van der Waals surface area contributed by atoms with Crippen LogP contribution in [0.1, 0.15) is 19.5 Å². The zero-order chi connectivity index (χ0) is 11.3. The SMILES string of the molecule is Cc1csc(SCC(O)COC(C)C)n1. The van der Waals surface area contributed by atoms with Crippen LogP contribution in [0.25, 0.3) is 0 Å². The summed E-state index contributed by atoms with van der Waals surface area (Å²) in [5.74, 6) is 0.639. The highest BCUT2D eigenvalue weighted by atomic mass is 32.2. The molecule has 0 aromatic carbocycles. The average Bonchev–Trinajstić information content (AvgIpc) is 2.58. The lowest BCUT2D eigenvalue weighted by Gasteiger charge is -2.12. The van der Waals surface area contributed by atoms with Crippen molar-refractivity contribution < 1.29 is 9.84 Å². The predicted octanol–water partition coefficient (Wildman–Crippen LogP) is 2.33. The number of ether oxygens (including phenoxy) is 1. The average molecular weight is 247 g/mol. The van der Waals surface area contributed by atoms with E-state index >= 15 is 0 Å². The molecule has 86 valence electrons. The van der Waals surface area contributed by atoms with Crippen LogP contribution in [0.4, 0.5) is 0 Å². The maximum absolute atomic E-state index is 9.60. The fourth-order valence-electron chi connectivity index (χ4n) is 0.918. The summed E-state index contributed by atoms with van der Waals surface area (Å²) in [5, 5.41) is 11.6. The highest BCUT2D eigenvalue weighted by Gasteiger charge is 2.08. The van der Waals surface area contributed by atoms with Crippen molar-refractivity contribution in [2.45, 2.75) is 37.3 Å². The van der Waals surface area contributed by atoms with Crippen molar-refractivity contribution >= 4 is 23.1 Å². The summed E-state index contributed by atoms with van der Waals surface area (Å²) in [5.41, 5.74) is 1.04. The van der Waals surface area contributed by atoms with Gasteiger partial charge in [0.1, 0.15) is 4.34 Å². The van der Waals surface area contributed by atoms with Crippen molar-refractivity contribution in [2.24, 2.45) is 0 Å². The fourth-order valence-corrected chi connectivity index (χ4v) is 2.70. The monoisotopic (exact) mass is 247 g/mol. The maximum atomic E-state index is 9.60. The molecule has 1 aromatic heterocycles. The van der Waals surface area contributed by atoms with Crippen LogP contribution in [-0.2, 0) is 4.74 Å². The molecule has 1 rings (SSSR count). The molecule has 1 aromatic rings. The van der Waals surface area contributed by atoms with E-state index in [1.165, 1.54) is 0 Å². The van der Waals surface area contributed by atoms with Gasteiger partial charge < -0.3 is 9.84 Å². The van der Waals surface area contributed by atoms with E-state index in [9.17, 15) is 5.11 Å². The van der Waals surface area contributed by atoms with Gasteiger partial charge in [-0.05, 0) is 20.8 Å². The van der Waals surface area contributed by atoms with E-state index in [0.29, 0.717) is 12.4 Å². The number of rotatable bonds is 6. The largest absolute Gasteiger partial charge is 0.390 e. The van der Waals surface area contributed by atoms with Gasteiger partial charge in [0.25, 0.3) is 0 Å². The third-order valence-corrected chi connectivity index (χ3v) is 3.90. The predicted molar refractivity (Wildman–Crippen MR) is 64.7 cm³/mol. The van der Waals surface area contributed by atoms with Gasteiger partial charge in [0, 0.05) is 16.8 Å². The molecule has 0 aliphatic rings. The van der Waals surface area contributed by atoms with Gasteiger partial charge in [-0.3, -0.25) is 0 Å². The van der Waals surface area contributed by atoms with E-state index < -0.39 is 6.10 Å². The molecule has 0 saturated carbocycles. The molecule has 0 saturated heterocycles. The summed E-state index contributed by atoms with van der Waals surface area (Å²) in [6.07, 6.45) is -0.242. The molecule has 0 aliphatic carbocycles. The van der Waals surface area contributed by atoms with Gasteiger partial charge in [0.05, 0.1) is 18.8 Å². The van der Waals surface area contributed by atoms with Crippen LogP contribution in [0.15, 0.2) is 9.72 Å². The molecule has 0 amide bonds. The topological polar surface area (TPSA) is 42.4 Å². The highest BCUT2D eigenvalue weighted by Crippen LogP contribution is 2.22. The van der Waals surface area contributed by atoms with Crippen molar-refractivity contribution in [3.05, 3.63) is 11.1 Å². The Morgan fingerprint density at radius 1 is 1.60 bits per heavy atom. The number of aromatic nitrogens is 1. The van der Waals surface area contributed by atoms with E-state index in [1.807, 2.05) is 26.2 Å². The summed E-state index contributed by atoms with van der Waals surface area (Å²) >= 11 is 3.19. The first kappa shape index (κ1) is 13.0. The second-order valence-electron chi connectivity index (χ2n) is 3.60. The second-order valence-corrected chi connectivity index (χ2v) is 5.73. The first-order valence-corrected chi connectivity index (χ1v) is 6.79. The molecule has 0 bridgehead atoms. The Kier molecular flexibility index (Phi) is 5.60. The standard InChI is InChI=1S/C10H17NO2S2/c1-7(2)13-4-9(12)6-15-10-11-8(3)5-14-10/h5,7,9,12H,4,6H2,1-3H3. The van der Waals surface area contributed by atoms with Crippen LogP contribution in [0.5, 0.6) is 0 Å². The van der Waals surface area contributed by atoms with E-state index in [-0.39, 0.29) is 6.10 Å². The first-order chi connectivity index (χ1) is 7.08. The first-order valence-electron chi connectivity index (χ1n) is 4.92. The van der Waals surface area contributed by atoms with Gasteiger partial charge in [0.2, 0.25) is 0 Å². The number of aryl methyl sites for hydroxylation is 1. The number of thiazole rings is 1. The third kappa shape index (κ3) is 5.51. The van der Waals surface area contributed by atoms with Gasteiger partial charge in [-0.1, -0.05) is 11.8 Å². The number of aliphatic hydroxyl groups is 1. The fraction of sp³-hybridized carbons (Fsp3) is 0.700. The Balaban J connectivity index is 2.19. The lowest BCUT2D eigenvalue weighted by Crippen LogP contribution is -2.20. The molecule has 0 fully saturated rings. The van der Waals surface area contributed by atoms with Crippen LogP contribution in [0.2, 0.25) is 0 Å². The Morgan fingerprint density at radius 2 is 2.33 bits per heavy atom. The maximum Gasteiger partial charge on any atom is 0.150 e. The Bertz CT molecular complexity index is 289. The summed E-state index contributed by atoms with van der Waals surface area (Å²) in [7, 11) is 0. The molecule has 3 nitrogen and oxygen atoms in total. The van der Waals surface area contributed by atoms with Gasteiger partial charge in [-0.2, -0.15) is 0 Å². The highest BCUT2D eigenvalue weighted by molar-refractivity contribution is 8.01. The molecule has 1 heterocycles. The Hall–Kier alpha value is -0.100. The minimum absolute atomic E-state index is 0.173. The normalized spacial score (nSPS) is 13.4. The lowest BCUT2D eigenvalue weighted by molar-refractivity contribution is 0.0152. The third-order valence-electron chi connectivity index (χ3n) is 1.62. The van der Waals surface area contributed by atoms with Crippen LogP contribution < -0.4 is 0 Å². The Morgan fingerprint density at radius 3 is 2.87 bits per heavy atom. The van der Waals surface area contributed by atoms with Crippen molar-refractivity contribution in [3.8, 4) is 0 Å². The molecule has 15 heavy (non-hydrogen) atoms. The molecule has 0 aliphatic heterocycles. The van der Waals surface area contributed by atoms with Gasteiger partial charge in [0.15, 0.2) is 0 Å². The number of hydrogen-bond acceptors (Lipinski definition) is 5. The van der Waals surface area contributed by atoms with Crippen LogP contribution in [0.3, 0.4) is 0 Å². The van der Waals surface area contributed by atoms with E-state index in [0.717, 1.165) is 10.0 Å². The van der Waals surface area contributed by atoms with Gasteiger partial charge >= 0.3 is 0 Å². The number of aliphatic hydroxyl groups excluding tert-OH is 1. The van der Waals surface area contributed by atoms with Crippen LogP contribution in [0, 0.1) is 6.92 Å². The molecule has 5 heteroatoms. The van der Waals surface area contributed by atoms with E-state index in [1.54, 1.807) is 23.1 Å². The number of hydrogen-bond donors (Lipinski definition) is 1. The summed E-state index contributed by atoms with van der Waals surface area (Å²) in [6, 6.07) is 0. The van der Waals surface area contributed by atoms with Crippen molar-refractivity contribution in [3.63, 3.8) is 0 Å². The lowest BCUT2D eigenvalue weighted by atomic mass is 10.4. The Labute approximate surface area is 98.9 Å². The van der Waals surface area contributed by atoms with Gasteiger partial charge in [-0.15, -0.1) is 11.3 Å². The summed E-state index contributed by atoms with van der Waals surface area (Å²) < 4.78 is 6.33. The zero-order valence-corrected chi connectivity index (χ0v) is 10.9. The minimum Gasteiger partial charge on any atom is -0.390 e. The molecule has 0 radical (unpaired) electrons. The quantitative estimate of drug-likeness (QED) is 0.783. The molecule has 1 N–H and O–H groups in total. The molecule has 1 unspecified atom stereocenters. The van der Waals surface area contributed by atoms with Crippen molar-refractivity contribution in [2.75, 3.05) is 12.4 Å².